The Labute approximate surface area is 252 Å². The number of benzene rings is 1. The van der Waals surface area contributed by atoms with E-state index in [2.05, 4.69) is 9.97 Å². The highest BCUT2D eigenvalue weighted by molar-refractivity contribution is 7.94. The van der Waals surface area contributed by atoms with Crippen molar-refractivity contribution in [3.63, 3.8) is 0 Å². The Kier molecular flexibility index (Phi) is 8.63. The highest BCUT2D eigenvalue weighted by Gasteiger charge is 2.41. The lowest BCUT2D eigenvalue weighted by molar-refractivity contribution is -0.149. The molecule has 10 nitrogen and oxygen atoms in total. The fourth-order valence-electron chi connectivity index (χ4n) is 5.95. The van der Waals surface area contributed by atoms with Gasteiger partial charge in [-0.25, -0.2) is 32.0 Å². The molecule has 5 rings (SSSR count). The summed E-state index contributed by atoms with van der Waals surface area (Å²) in [6, 6.07) is 4.59. The fraction of sp³-hybridized carbons (Fsp3) is 0.517. The molecule has 43 heavy (non-hydrogen) atoms. The number of alkyl halides is 2. The second-order valence-corrected chi connectivity index (χ2v) is 15.0. The first kappa shape index (κ1) is 31.0. The van der Waals surface area contributed by atoms with Crippen LogP contribution in [0.1, 0.15) is 50.7 Å². The van der Waals surface area contributed by atoms with Gasteiger partial charge in [0.2, 0.25) is 5.91 Å². The second-order valence-electron chi connectivity index (χ2n) is 11.4. The van der Waals surface area contributed by atoms with Crippen LogP contribution in [-0.2, 0) is 32.3 Å². The Morgan fingerprint density at radius 3 is 2.70 bits per heavy atom. The average molecular weight is 636 g/mol. The molecule has 232 valence electrons. The number of nitrogens with two attached hydrogens (primary N) is 1. The summed E-state index contributed by atoms with van der Waals surface area (Å²) in [6.45, 7) is 3.42. The number of carbonyl (C=O) groups is 2. The number of carboxylic acids is 1. The number of aromatic nitrogens is 2. The first-order chi connectivity index (χ1) is 20.3. The minimum atomic E-state index is -3.79. The maximum Gasteiger partial charge on any atom is 0.326 e. The molecular formula is C29H35F2N5O5S2. The highest BCUT2D eigenvalue weighted by atomic mass is 32.2. The molecule has 1 amide bonds. The van der Waals surface area contributed by atoms with E-state index in [0.717, 1.165) is 33.2 Å². The Morgan fingerprint density at radius 1 is 1.26 bits per heavy atom. The van der Waals surface area contributed by atoms with Crippen LogP contribution in [0.25, 0.3) is 10.8 Å². The molecule has 0 saturated carbocycles. The van der Waals surface area contributed by atoms with Gasteiger partial charge in [0.05, 0.1) is 18.0 Å². The molecule has 2 fully saturated rings. The summed E-state index contributed by atoms with van der Waals surface area (Å²) in [5.41, 5.74) is 7.79. The fourth-order valence-corrected chi connectivity index (χ4v) is 8.85. The summed E-state index contributed by atoms with van der Waals surface area (Å²) < 4.78 is 53.7. The quantitative estimate of drug-likeness (QED) is 0.317. The number of fused-ring (bicyclic) bond motifs is 1. The van der Waals surface area contributed by atoms with Crippen LogP contribution >= 0.6 is 11.3 Å². The SMILES string of the molecule is CCc1cc2c(N)nccc2cc1CC(C(=O)O)N1CCC(CCC(C)S(=O)(=O)c2cnc(N3CCC(F)(F)C3)s2)C1=O. The van der Waals surface area contributed by atoms with Gasteiger partial charge in [-0.05, 0) is 61.3 Å². The second kappa shape index (κ2) is 11.9. The summed E-state index contributed by atoms with van der Waals surface area (Å²) in [4.78, 5) is 36.8. The summed E-state index contributed by atoms with van der Waals surface area (Å²) >= 11 is 0.880. The molecule has 2 aromatic heterocycles. The molecule has 4 heterocycles. The molecule has 0 bridgehead atoms. The largest absolute Gasteiger partial charge is 0.480 e. The lowest BCUT2D eigenvalue weighted by Crippen LogP contribution is -2.44. The van der Waals surface area contributed by atoms with E-state index in [1.165, 1.54) is 16.0 Å². The number of rotatable bonds is 11. The van der Waals surface area contributed by atoms with E-state index in [1.54, 1.807) is 13.1 Å². The number of anilines is 2. The van der Waals surface area contributed by atoms with Crippen LogP contribution in [0.3, 0.4) is 0 Å². The van der Waals surface area contributed by atoms with Crippen molar-refractivity contribution in [3.05, 3.63) is 41.7 Å². The number of carboxylic acid groups (broad SMARTS) is 1. The van der Waals surface area contributed by atoms with Gasteiger partial charge in [0.15, 0.2) is 15.0 Å². The monoisotopic (exact) mass is 635 g/mol. The van der Waals surface area contributed by atoms with Crippen molar-refractivity contribution < 1.29 is 31.9 Å². The molecule has 3 aromatic rings. The molecule has 0 spiro atoms. The number of hydrogen-bond donors (Lipinski definition) is 2. The lowest BCUT2D eigenvalue weighted by atomic mass is 9.94. The van der Waals surface area contributed by atoms with Gasteiger partial charge in [0, 0.05) is 43.4 Å². The predicted octanol–water partition coefficient (Wildman–Crippen LogP) is 4.17. The molecule has 2 aliphatic rings. The summed E-state index contributed by atoms with van der Waals surface area (Å²) in [6.07, 6.45) is 4.22. The van der Waals surface area contributed by atoms with Gasteiger partial charge in [-0.3, -0.25) is 4.79 Å². The predicted molar refractivity (Wildman–Crippen MR) is 160 cm³/mol. The number of thiazole rings is 1. The van der Waals surface area contributed by atoms with Crippen molar-refractivity contribution in [2.75, 3.05) is 30.3 Å². The van der Waals surface area contributed by atoms with Crippen molar-refractivity contribution in [2.45, 2.75) is 73.8 Å². The zero-order valence-electron chi connectivity index (χ0n) is 24.0. The van der Waals surface area contributed by atoms with E-state index in [4.69, 9.17) is 5.73 Å². The Bertz CT molecular complexity index is 1650. The molecule has 2 aliphatic heterocycles. The number of nitrogen functional groups attached to an aromatic ring is 1. The maximum absolute atomic E-state index is 13.6. The summed E-state index contributed by atoms with van der Waals surface area (Å²) in [7, 11) is -3.79. The molecular weight excluding hydrogens is 600 g/mol. The van der Waals surface area contributed by atoms with Crippen molar-refractivity contribution in [2.24, 2.45) is 5.92 Å². The van der Waals surface area contributed by atoms with E-state index in [-0.39, 0.29) is 54.0 Å². The smallest absolute Gasteiger partial charge is 0.326 e. The van der Waals surface area contributed by atoms with Crippen molar-refractivity contribution >= 4 is 54.8 Å². The van der Waals surface area contributed by atoms with E-state index >= 15 is 0 Å². The third-order valence-electron chi connectivity index (χ3n) is 8.57. The summed E-state index contributed by atoms with van der Waals surface area (Å²) in [5.74, 6) is -4.30. The number of aryl methyl sites for hydroxylation is 1. The Morgan fingerprint density at radius 2 is 2.02 bits per heavy atom. The van der Waals surface area contributed by atoms with Gasteiger partial charge in [-0.1, -0.05) is 24.3 Å². The number of amides is 1. The standard InChI is InChI=1S/C29H35F2N5O5S2/c1-3-18-13-22-20(6-9-33-25(22)32)12-21(18)14-23(27(38)39)36-10-7-19(26(36)37)5-4-17(2)43(40,41)24-15-34-28(42-24)35-11-8-29(30,31)16-35/h6,9,12-13,15,17,19,23H,3-5,7-8,10-11,14,16H2,1-2H3,(H2,32,33)(H,38,39). The van der Waals surface area contributed by atoms with Crippen molar-refractivity contribution in [1.29, 1.82) is 0 Å². The van der Waals surface area contributed by atoms with E-state index in [1.807, 2.05) is 25.1 Å². The topological polar surface area (TPSA) is 147 Å². The van der Waals surface area contributed by atoms with Gasteiger partial charge in [0.1, 0.15) is 16.1 Å². The van der Waals surface area contributed by atoms with Crippen molar-refractivity contribution in [1.82, 2.24) is 14.9 Å². The Balaban J connectivity index is 1.24. The molecule has 3 unspecified atom stereocenters. The number of halogens is 2. The molecule has 3 N–H and O–H groups in total. The number of pyridine rings is 1. The van der Waals surface area contributed by atoms with Crippen LogP contribution in [0.2, 0.25) is 0 Å². The zero-order valence-corrected chi connectivity index (χ0v) is 25.6. The zero-order chi connectivity index (χ0) is 31.1. The molecule has 1 aromatic carbocycles. The lowest BCUT2D eigenvalue weighted by Gasteiger charge is -2.26. The normalized spacial score (nSPS) is 20.2. The van der Waals surface area contributed by atoms with Crippen LogP contribution < -0.4 is 10.6 Å². The van der Waals surface area contributed by atoms with Gasteiger partial charge < -0.3 is 20.6 Å². The third kappa shape index (κ3) is 6.30. The van der Waals surface area contributed by atoms with Crippen molar-refractivity contribution in [3.8, 4) is 0 Å². The number of hydrogen-bond acceptors (Lipinski definition) is 9. The minimum Gasteiger partial charge on any atom is -0.480 e. The maximum atomic E-state index is 13.6. The molecule has 0 radical (unpaired) electrons. The number of nitrogens with zero attached hydrogens (tertiary/aromatic N) is 4. The van der Waals surface area contributed by atoms with Crippen LogP contribution in [-0.4, -0.2) is 77.1 Å². The average Bonchev–Trinajstić information content (AvgIpc) is 3.69. The van der Waals surface area contributed by atoms with E-state index < -0.39 is 45.5 Å². The van der Waals surface area contributed by atoms with Crippen LogP contribution in [0, 0.1) is 5.92 Å². The number of sulfone groups is 1. The van der Waals surface area contributed by atoms with Crippen LogP contribution in [0.4, 0.5) is 19.7 Å². The van der Waals surface area contributed by atoms with Gasteiger partial charge in [-0.15, -0.1) is 0 Å². The van der Waals surface area contributed by atoms with E-state index in [9.17, 15) is 31.9 Å². The Hall–Kier alpha value is -3.39. The third-order valence-corrected chi connectivity index (χ3v) is 12.3. The minimum absolute atomic E-state index is 0.00943. The number of aliphatic carboxylic acids is 1. The van der Waals surface area contributed by atoms with Gasteiger partial charge in [0.25, 0.3) is 5.92 Å². The van der Waals surface area contributed by atoms with Crippen LogP contribution in [0.5, 0.6) is 0 Å². The van der Waals surface area contributed by atoms with Gasteiger partial charge in [-0.2, -0.15) is 0 Å². The molecule has 14 heteroatoms. The van der Waals surface area contributed by atoms with E-state index in [0.29, 0.717) is 18.7 Å². The molecule has 3 atom stereocenters. The summed E-state index contributed by atoms with van der Waals surface area (Å²) in [5, 5.41) is 11.2. The highest BCUT2D eigenvalue weighted by Crippen LogP contribution is 2.36. The molecule has 0 aliphatic carbocycles. The van der Waals surface area contributed by atoms with Gasteiger partial charge >= 0.3 is 5.97 Å². The first-order valence-electron chi connectivity index (χ1n) is 14.3. The number of carbonyl (C=O) groups excluding carboxylic acids is 1. The molecule has 2 saturated heterocycles. The number of likely N-dealkylation sites (tertiary alicyclic amines) is 1. The van der Waals surface area contributed by atoms with Crippen LogP contribution in [0.15, 0.2) is 34.8 Å². The first-order valence-corrected chi connectivity index (χ1v) is 16.7.